The number of hydrogen-bond donors (Lipinski definition) is 1. The molecule has 0 aliphatic carbocycles. The largest absolute Gasteiger partial charge is 0.373 e. The lowest BCUT2D eigenvalue weighted by Gasteiger charge is -2.16. The van der Waals surface area contributed by atoms with Crippen LogP contribution in [0, 0.1) is 0 Å². The molecule has 0 bridgehead atoms. The van der Waals surface area contributed by atoms with Gasteiger partial charge >= 0.3 is 0 Å². The van der Waals surface area contributed by atoms with E-state index in [1.165, 1.54) is 4.85 Å². The molecule has 0 radical (unpaired) electrons. The molecule has 1 heterocycles. The van der Waals surface area contributed by atoms with Crippen LogP contribution in [0.5, 0.6) is 0 Å². The average molecular weight is 205 g/mol. The highest BCUT2D eigenvalue weighted by molar-refractivity contribution is 5.42. The Bertz CT molecular complexity index is 388. The molecule has 1 aromatic carbocycles. The molecule has 2 rings (SSSR count). The third-order valence-corrected chi connectivity index (χ3v) is 1.85. The van der Waals surface area contributed by atoms with Crippen molar-refractivity contribution in [1.29, 1.82) is 0 Å². The highest BCUT2D eigenvalue weighted by atomic mass is 16.7. The van der Waals surface area contributed by atoms with Gasteiger partial charge in [-0.15, -0.1) is 9.94 Å². The standard InChI is InChI=1S/C10H11N3O2/c14-12(10-5-2-1-3-6-10)9-15-13-8-4-7-11-13/h1-8,14H,9H2. The molecule has 0 amide bonds. The molecule has 0 aliphatic rings. The second kappa shape index (κ2) is 4.47. The summed E-state index contributed by atoms with van der Waals surface area (Å²) in [6.07, 6.45) is 3.25. The molecule has 1 aromatic heterocycles. The fraction of sp³-hybridized carbons (Fsp3) is 0.100. The maximum absolute atomic E-state index is 9.59. The second-order valence-electron chi connectivity index (χ2n) is 2.90. The van der Waals surface area contributed by atoms with Crippen molar-refractivity contribution in [3.05, 3.63) is 48.8 Å². The van der Waals surface area contributed by atoms with Crippen LogP contribution < -0.4 is 9.90 Å². The van der Waals surface area contributed by atoms with E-state index in [9.17, 15) is 5.21 Å². The number of hydrogen-bond acceptors (Lipinski definition) is 4. The lowest BCUT2D eigenvalue weighted by atomic mass is 10.3. The van der Waals surface area contributed by atoms with Crippen LogP contribution in [0.4, 0.5) is 5.69 Å². The van der Waals surface area contributed by atoms with Gasteiger partial charge < -0.3 is 4.84 Å². The van der Waals surface area contributed by atoms with Gasteiger partial charge in [0, 0.05) is 0 Å². The monoisotopic (exact) mass is 205 g/mol. The summed E-state index contributed by atoms with van der Waals surface area (Å²) in [5.74, 6) is 0. The number of benzene rings is 1. The lowest BCUT2D eigenvalue weighted by Crippen LogP contribution is -2.28. The summed E-state index contributed by atoms with van der Waals surface area (Å²) < 4.78 is 0. The van der Waals surface area contributed by atoms with E-state index in [2.05, 4.69) is 5.10 Å². The molecule has 0 fully saturated rings. The van der Waals surface area contributed by atoms with Crippen molar-refractivity contribution in [3.63, 3.8) is 0 Å². The van der Waals surface area contributed by atoms with E-state index < -0.39 is 0 Å². The molecule has 1 N–H and O–H groups in total. The molecule has 0 aliphatic heterocycles. The van der Waals surface area contributed by atoms with Crippen LogP contribution in [0.15, 0.2) is 48.8 Å². The van der Waals surface area contributed by atoms with Crippen molar-refractivity contribution in [2.75, 3.05) is 11.8 Å². The van der Waals surface area contributed by atoms with Crippen LogP contribution in [-0.4, -0.2) is 21.9 Å². The van der Waals surface area contributed by atoms with Gasteiger partial charge in [0.15, 0.2) is 0 Å². The quantitative estimate of drug-likeness (QED) is 0.601. The molecule has 15 heavy (non-hydrogen) atoms. The molecule has 2 aromatic rings. The van der Waals surface area contributed by atoms with Crippen molar-refractivity contribution in [3.8, 4) is 0 Å². The zero-order valence-corrected chi connectivity index (χ0v) is 8.02. The van der Waals surface area contributed by atoms with Gasteiger partial charge in [0.2, 0.25) is 6.73 Å². The van der Waals surface area contributed by atoms with Crippen molar-refractivity contribution < 1.29 is 10.0 Å². The Morgan fingerprint density at radius 3 is 2.73 bits per heavy atom. The minimum absolute atomic E-state index is 0.0195. The zero-order chi connectivity index (χ0) is 10.5. The first-order chi connectivity index (χ1) is 7.36. The van der Waals surface area contributed by atoms with Gasteiger partial charge in [-0.2, -0.15) is 0 Å². The zero-order valence-electron chi connectivity index (χ0n) is 8.02. The predicted molar refractivity (Wildman–Crippen MR) is 54.4 cm³/mol. The Morgan fingerprint density at radius 1 is 1.27 bits per heavy atom. The third kappa shape index (κ3) is 2.47. The van der Waals surface area contributed by atoms with Gasteiger partial charge in [0.05, 0.1) is 18.1 Å². The van der Waals surface area contributed by atoms with Crippen LogP contribution in [-0.2, 0) is 0 Å². The third-order valence-electron chi connectivity index (χ3n) is 1.85. The van der Waals surface area contributed by atoms with Crippen LogP contribution in [0.1, 0.15) is 0 Å². The van der Waals surface area contributed by atoms with E-state index in [1.54, 1.807) is 30.6 Å². The Labute approximate surface area is 87.0 Å². The van der Waals surface area contributed by atoms with Crippen LogP contribution in [0.25, 0.3) is 0 Å². The summed E-state index contributed by atoms with van der Waals surface area (Å²) >= 11 is 0. The SMILES string of the molecule is ON(COn1cccn1)c1ccccc1. The van der Waals surface area contributed by atoms with E-state index in [-0.39, 0.29) is 6.73 Å². The molecule has 0 saturated heterocycles. The van der Waals surface area contributed by atoms with E-state index in [4.69, 9.17) is 4.84 Å². The van der Waals surface area contributed by atoms with Crippen molar-refractivity contribution in [1.82, 2.24) is 9.94 Å². The van der Waals surface area contributed by atoms with Gasteiger partial charge in [-0.3, -0.25) is 5.21 Å². The smallest absolute Gasteiger partial charge is 0.212 e. The maximum atomic E-state index is 9.59. The summed E-state index contributed by atoms with van der Waals surface area (Å²) in [6, 6.07) is 10.9. The van der Waals surface area contributed by atoms with Crippen molar-refractivity contribution in [2.45, 2.75) is 0 Å². The maximum Gasteiger partial charge on any atom is 0.212 e. The van der Waals surface area contributed by atoms with Crippen LogP contribution in [0.2, 0.25) is 0 Å². The second-order valence-corrected chi connectivity index (χ2v) is 2.90. The summed E-state index contributed by atoms with van der Waals surface area (Å²) in [5, 5.41) is 14.4. The molecular formula is C10H11N3O2. The summed E-state index contributed by atoms with van der Waals surface area (Å²) in [7, 11) is 0. The Morgan fingerprint density at radius 2 is 2.07 bits per heavy atom. The fourth-order valence-electron chi connectivity index (χ4n) is 1.12. The Balaban J connectivity index is 1.90. The van der Waals surface area contributed by atoms with Gasteiger partial charge in [-0.25, -0.2) is 5.06 Å². The van der Waals surface area contributed by atoms with Gasteiger partial charge in [-0.05, 0) is 18.2 Å². The number of anilines is 1. The first kappa shape index (κ1) is 9.54. The predicted octanol–water partition coefficient (Wildman–Crippen LogP) is 1.16. The van der Waals surface area contributed by atoms with E-state index in [0.717, 1.165) is 5.06 Å². The number of hydroxylamine groups is 1. The molecular weight excluding hydrogens is 194 g/mol. The topological polar surface area (TPSA) is 50.5 Å². The van der Waals surface area contributed by atoms with E-state index >= 15 is 0 Å². The Hall–Kier alpha value is -2.01. The first-order valence-corrected chi connectivity index (χ1v) is 4.50. The van der Waals surface area contributed by atoms with Gasteiger partial charge in [0.25, 0.3) is 0 Å². The number of nitrogens with zero attached hydrogens (tertiary/aromatic N) is 3. The molecule has 0 atom stereocenters. The average Bonchev–Trinajstić information content (AvgIpc) is 2.80. The summed E-state index contributed by atoms with van der Waals surface area (Å²) in [5.41, 5.74) is 0.671. The van der Waals surface area contributed by atoms with Gasteiger partial charge in [-0.1, -0.05) is 18.2 Å². The molecule has 5 heteroatoms. The molecule has 0 spiro atoms. The van der Waals surface area contributed by atoms with Crippen LogP contribution in [0.3, 0.4) is 0 Å². The van der Waals surface area contributed by atoms with Crippen LogP contribution >= 0.6 is 0 Å². The molecule has 0 unspecified atom stereocenters. The highest BCUT2D eigenvalue weighted by Crippen LogP contribution is 2.09. The molecule has 5 nitrogen and oxygen atoms in total. The summed E-state index contributed by atoms with van der Waals surface area (Å²) in [4.78, 5) is 6.43. The van der Waals surface area contributed by atoms with Crippen molar-refractivity contribution >= 4 is 5.69 Å². The van der Waals surface area contributed by atoms with Crippen molar-refractivity contribution in [2.24, 2.45) is 0 Å². The first-order valence-electron chi connectivity index (χ1n) is 4.50. The molecule has 0 saturated carbocycles. The number of rotatable bonds is 4. The minimum atomic E-state index is 0.0195. The number of aromatic nitrogens is 2. The summed E-state index contributed by atoms with van der Waals surface area (Å²) in [6.45, 7) is 0.0195. The Kier molecular flexibility index (Phi) is 2.85. The van der Waals surface area contributed by atoms with E-state index in [0.29, 0.717) is 5.69 Å². The number of para-hydroxylation sites is 1. The molecule has 78 valence electrons. The fourth-order valence-corrected chi connectivity index (χ4v) is 1.12. The minimum Gasteiger partial charge on any atom is -0.373 e. The van der Waals surface area contributed by atoms with Gasteiger partial charge in [0.1, 0.15) is 0 Å². The lowest BCUT2D eigenvalue weighted by molar-refractivity contribution is 0.0389. The van der Waals surface area contributed by atoms with E-state index in [1.807, 2.05) is 18.2 Å². The normalized spacial score (nSPS) is 9.93. The highest BCUT2D eigenvalue weighted by Gasteiger charge is 2.01.